The van der Waals surface area contributed by atoms with Gasteiger partial charge in [0.2, 0.25) is 0 Å². The predicted octanol–water partition coefficient (Wildman–Crippen LogP) is 1.44. The van der Waals surface area contributed by atoms with Crippen LogP contribution in [0.3, 0.4) is 0 Å². The Morgan fingerprint density at radius 2 is 2.00 bits per heavy atom. The van der Waals surface area contributed by atoms with Crippen molar-refractivity contribution in [3.8, 4) is 0 Å². The van der Waals surface area contributed by atoms with Gasteiger partial charge >= 0.3 is 0 Å². The standard InChI is InChI=1S/C7H19N2PS/c1-10(2)11-6-4-7(9)3-5-8/h7H,3-6,8-9H2,1-2H3. The molecule has 0 heterocycles. The van der Waals surface area contributed by atoms with Crippen LogP contribution in [0.1, 0.15) is 12.8 Å². The fourth-order valence-corrected chi connectivity index (χ4v) is 2.93. The molecular formula is C7H19N2PS. The van der Waals surface area contributed by atoms with Crippen LogP contribution in [-0.2, 0) is 0 Å². The van der Waals surface area contributed by atoms with E-state index in [1.165, 1.54) is 5.75 Å². The third-order valence-corrected chi connectivity index (χ3v) is 4.41. The van der Waals surface area contributed by atoms with Gasteiger partial charge in [0.1, 0.15) is 0 Å². The Kier molecular flexibility index (Phi) is 7.82. The lowest BCUT2D eigenvalue weighted by Crippen LogP contribution is -2.24. The zero-order valence-corrected chi connectivity index (χ0v) is 9.13. The summed E-state index contributed by atoms with van der Waals surface area (Å²) in [5.41, 5.74) is 11.2. The van der Waals surface area contributed by atoms with Crippen LogP contribution >= 0.6 is 18.5 Å². The third kappa shape index (κ3) is 8.61. The maximum absolute atomic E-state index is 5.78. The van der Waals surface area contributed by atoms with Crippen LogP contribution < -0.4 is 11.5 Å². The van der Waals surface area contributed by atoms with Crippen molar-refractivity contribution in [1.29, 1.82) is 0 Å². The van der Waals surface area contributed by atoms with Crippen LogP contribution in [0.2, 0.25) is 0 Å². The second-order valence-electron chi connectivity index (χ2n) is 2.77. The van der Waals surface area contributed by atoms with Gasteiger partial charge in [-0.2, -0.15) is 0 Å². The summed E-state index contributed by atoms with van der Waals surface area (Å²) < 4.78 is 0. The molecule has 4 N–H and O–H groups in total. The van der Waals surface area contributed by atoms with Gasteiger partial charge in [-0.1, -0.05) is 7.12 Å². The fraction of sp³-hybridized carbons (Fsp3) is 1.00. The first-order chi connectivity index (χ1) is 5.16. The molecule has 0 aromatic carbocycles. The number of hydrogen-bond acceptors (Lipinski definition) is 3. The topological polar surface area (TPSA) is 52.0 Å². The van der Waals surface area contributed by atoms with E-state index in [1.54, 1.807) is 0 Å². The molecule has 0 bridgehead atoms. The largest absolute Gasteiger partial charge is 0.330 e. The van der Waals surface area contributed by atoms with Crippen LogP contribution in [0.5, 0.6) is 0 Å². The molecule has 4 heteroatoms. The molecule has 0 aromatic heterocycles. The molecule has 2 nitrogen and oxygen atoms in total. The van der Waals surface area contributed by atoms with Gasteiger partial charge in [0.15, 0.2) is 0 Å². The lowest BCUT2D eigenvalue weighted by Gasteiger charge is -2.10. The van der Waals surface area contributed by atoms with E-state index in [0.29, 0.717) is 6.04 Å². The van der Waals surface area contributed by atoms with E-state index >= 15 is 0 Å². The Morgan fingerprint density at radius 1 is 1.36 bits per heavy atom. The van der Waals surface area contributed by atoms with E-state index in [-0.39, 0.29) is 7.12 Å². The lowest BCUT2D eigenvalue weighted by atomic mass is 10.2. The molecule has 1 unspecified atom stereocenters. The number of hydrogen-bond donors (Lipinski definition) is 2. The fourth-order valence-electron chi connectivity index (χ4n) is 0.745. The van der Waals surface area contributed by atoms with Crippen molar-refractivity contribution in [3.63, 3.8) is 0 Å². The number of rotatable bonds is 6. The summed E-state index contributed by atoms with van der Waals surface area (Å²) in [7, 11) is 0.189. The summed E-state index contributed by atoms with van der Waals surface area (Å²) in [5.74, 6) is 1.19. The van der Waals surface area contributed by atoms with E-state index in [0.717, 1.165) is 19.4 Å². The van der Waals surface area contributed by atoms with E-state index in [1.807, 2.05) is 11.4 Å². The molecule has 0 aliphatic rings. The third-order valence-electron chi connectivity index (χ3n) is 1.38. The minimum atomic E-state index is 0.189. The highest BCUT2D eigenvalue weighted by Crippen LogP contribution is 2.41. The lowest BCUT2D eigenvalue weighted by molar-refractivity contribution is 0.609. The van der Waals surface area contributed by atoms with Gasteiger partial charge in [-0.25, -0.2) is 0 Å². The Bertz CT molecular complexity index is 90.5. The normalized spacial score (nSPS) is 13.9. The van der Waals surface area contributed by atoms with Gasteiger partial charge < -0.3 is 11.5 Å². The Balaban J connectivity index is 3.10. The second-order valence-corrected chi connectivity index (χ2v) is 8.03. The molecule has 11 heavy (non-hydrogen) atoms. The summed E-state index contributed by atoms with van der Waals surface area (Å²) >= 11 is 2.03. The molecule has 0 aliphatic carbocycles. The first-order valence-corrected chi connectivity index (χ1v) is 7.75. The van der Waals surface area contributed by atoms with Crippen molar-refractivity contribution in [2.45, 2.75) is 18.9 Å². The second kappa shape index (κ2) is 7.35. The predicted molar refractivity (Wildman–Crippen MR) is 57.5 cm³/mol. The molecule has 1 atom stereocenters. The highest BCUT2D eigenvalue weighted by Gasteiger charge is 2.01. The first-order valence-electron chi connectivity index (χ1n) is 3.92. The molecular weight excluding hydrogens is 175 g/mol. The Hall–Kier alpha value is 0.700. The number of nitrogens with two attached hydrogens (primary N) is 2. The van der Waals surface area contributed by atoms with Crippen LogP contribution in [0, 0.1) is 0 Å². The molecule has 0 aliphatic heterocycles. The molecule has 0 saturated heterocycles. The zero-order valence-electron chi connectivity index (χ0n) is 7.42. The first kappa shape index (κ1) is 11.7. The van der Waals surface area contributed by atoms with Crippen molar-refractivity contribution in [2.75, 3.05) is 25.6 Å². The molecule has 0 saturated carbocycles. The highest BCUT2D eigenvalue weighted by molar-refractivity contribution is 8.55. The highest BCUT2D eigenvalue weighted by atomic mass is 32.7. The quantitative estimate of drug-likeness (QED) is 0.629. The van der Waals surface area contributed by atoms with Crippen molar-refractivity contribution in [3.05, 3.63) is 0 Å². The molecule has 0 spiro atoms. The van der Waals surface area contributed by atoms with Crippen LogP contribution in [0.4, 0.5) is 0 Å². The monoisotopic (exact) mass is 194 g/mol. The van der Waals surface area contributed by atoms with Crippen LogP contribution in [0.15, 0.2) is 0 Å². The molecule has 0 fully saturated rings. The minimum absolute atomic E-state index is 0.189. The minimum Gasteiger partial charge on any atom is -0.330 e. The summed E-state index contributed by atoms with van der Waals surface area (Å²) in [4.78, 5) is 0. The molecule has 68 valence electrons. The van der Waals surface area contributed by atoms with Crippen molar-refractivity contribution < 1.29 is 0 Å². The van der Waals surface area contributed by atoms with Gasteiger partial charge in [0.05, 0.1) is 0 Å². The van der Waals surface area contributed by atoms with Gasteiger partial charge in [-0.15, -0.1) is 11.4 Å². The summed E-state index contributed by atoms with van der Waals surface area (Å²) in [5, 5.41) is 0. The van der Waals surface area contributed by atoms with E-state index in [4.69, 9.17) is 11.5 Å². The average Bonchev–Trinajstić information content (AvgIpc) is 1.87. The average molecular weight is 194 g/mol. The van der Waals surface area contributed by atoms with E-state index < -0.39 is 0 Å². The Morgan fingerprint density at radius 3 is 2.45 bits per heavy atom. The van der Waals surface area contributed by atoms with Gasteiger partial charge in [0, 0.05) is 6.04 Å². The van der Waals surface area contributed by atoms with Gasteiger partial charge in [-0.05, 0) is 38.5 Å². The zero-order chi connectivity index (χ0) is 8.69. The van der Waals surface area contributed by atoms with Crippen LogP contribution in [0.25, 0.3) is 0 Å². The van der Waals surface area contributed by atoms with Crippen LogP contribution in [-0.4, -0.2) is 31.7 Å². The van der Waals surface area contributed by atoms with Gasteiger partial charge in [-0.3, -0.25) is 0 Å². The smallest absolute Gasteiger partial charge is 0.00588 e. The van der Waals surface area contributed by atoms with Gasteiger partial charge in [0.25, 0.3) is 0 Å². The van der Waals surface area contributed by atoms with E-state index in [9.17, 15) is 0 Å². The molecule has 0 radical (unpaired) electrons. The van der Waals surface area contributed by atoms with Crippen molar-refractivity contribution >= 4 is 18.5 Å². The summed E-state index contributed by atoms with van der Waals surface area (Å²) in [6.45, 7) is 5.27. The SMILES string of the molecule is CP(C)SCCC(N)CCN. The molecule has 0 amide bonds. The maximum Gasteiger partial charge on any atom is 0.00588 e. The summed E-state index contributed by atoms with van der Waals surface area (Å²) in [6.07, 6.45) is 2.08. The Labute approximate surface area is 75.0 Å². The van der Waals surface area contributed by atoms with E-state index in [2.05, 4.69) is 13.3 Å². The molecule has 0 aromatic rings. The molecule has 0 rings (SSSR count). The maximum atomic E-state index is 5.78. The van der Waals surface area contributed by atoms with Crippen molar-refractivity contribution in [2.24, 2.45) is 11.5 Å². The summed E-state index contributed by atoms with van der Waals surface area (Å²) in [6, 6.07) is 0.322. The van der Waals surface area contributed by atoms with Crippen molar-refractivity contribution in [1.82, 2.24) is 0 Å².